The smallest absolute Gasteiger partial charge is 0.253 e. The second-order valence-corrected chi connectivity index (χ2v) is 5.58. The van der Waals surface area contributed by atoms with E-state index in [-0.39, 0.29) is 5.91 Å². The summed E-state index contributed by atoms with van der Waals surface area (Å²) in [5.74, 6) is 1.58. The maximum absolute atomic E-state index is 12.0. The Kier molecular flexibility index (Phi) is 6.42. The van der Waals surface area contributed by atoms with Crippen molar-refractivity contribution >= 4 is 11.9 Å². The molecule has 2 N–H and O–H groups in total. The highest BCUT2D eigenvalue weighted by atomic mass is 16.3. The topological polar surface area (TPSA) is 69.9 Å². The molecular weight excluding hydrogens is 304 g/mol. The highest BCUT2D eigenvalue weighted by Crippen LogP contribution is 2.07. The third-order valence-electron chi connectivity index (χ3n) is 3.52. The van der Waals surface area contributed by atoms with E-state index in [1.165, 1.54) is 0 Å². The van der Waals surface area contributed by atoms with Gasteiger partial charge in [-0.1, -0.05) is 12.1 Å². The van der Waals surface area contributed by atoms with Crippen LogP contribution >= 0.6 is 0 Å². The molecule has 0 radical (unpaired) electrons. The van der Waals surface area contributed by atoms with Crippen molar-refractivity contribution in [2.45, 2.75) is 13.0 Å². The number of benzene rings is 1. The first-order chi connectivity index (χ1) is 11.6. The Morgan fingerprint density at radius 3 is 2.71 bits per heavy atom. The minimum absolute atomic E-state index is 0.0146. The lowest BCUT2D eigenvalue weighted by Crippen LogP contribution is -2.37. The number of hydrogen-bond donors (Lipinski definition) is 2. The molecule has 2 rings (SSSR count). The van der Waals surface area contributed by atoms with Crippen molar-refractivity contribution in [2.24, 2.45) is 4.99 Å². The van der Waals surface area contributed by atoms with Gasteiger partial charge in [-0.05, 0) is 36.2 Å². The minimum atomic E-state index is 0.0146. The molecule has 0 saturated heterocycles. The van der Waals surface area contributed by atoms with Crippen LogP contribution in [0.3, 0.4) is 0 Å². The fourth-order valence-electron chi connectivity index (χ4n) is 2.25. The molecule has 0 unspecified atom stereocenters. The first-order valence-corrected chi connectivity index (χ1v) is 7.87. The lowest BCUT2D eigenvalue weighted by atomic mass is 10.1. The van der Waals surface area contributed by atoms with Crippen LogP contribution in [0.2, 0.25) is 0 Å². The largest absolute Gasteiger partial charge is 0.467 e. The summed E-state index contributed by atoms with van der Waals surface area (Å²) in [6, 6.07) is 11.5. The van der Waals surface area contributed by atoms with Gasteiger partial charge in [-0.3, -0.25) is 9.79 Å². The summed E-state index contributed by atoms with van der Waals surface area (Å²) in [5, 5.41) is 6.44. The molecule has 0 aliphatic heterocycles. The molecule has 24 heavy (non-hydrogen) atoms. The number of rotatable bonds is 6. The summed E-state index contributed by atoms with van der Waals surface area (Å²) in [6.45, 7) is 1.30. The Morgan fingerprint density at radius 1 is 1.21 bits per heavy atom. The van der Waals surface area contributed by atoms with Crippen LogP contribution in [0, 0.1) is 0 Å². The number of nitrogens with zero attached hydrogens (tertiary/aromatic N) is 2. The molecule has 0 aliphatic rings. The van der Waals surface area contributed by atoms with Gasteiger partial charge in [0, 0.05) is 33.3 Å². The Balaban J connectivity index is 1.82. The Hall–Kier alpha value is -2.76. The number of guanidine groups is 1. The first kappa shape index (κ1) is 17.6. The zero-order chi connectivity index (χ0) is 17.4. The lowest BCUT2D eigenvalue weighted by molar-refractivity contribution is 0.0827. The average Bonchev–Trinajstić information content (AvgIpc) is 3.11. The second kappa shape index (κ2) is 8.76. The van der Waals surface area contributed by atoms with Crippen molar-refractivity contribution in [3.8, 4) is 0 Å². The molecule has 0 aliphatic carbocycles. The van der Waals surface area contributed by atoms with Gasteiger partial charge in [0.05, 0.1) is 12.8 Å². The van der Waals surface area contributed by atoms with E-state index in [9.17, 15) is 4.79 Å². The maximum atomic E-state index is 12.0. The van der Waals surface area contributed by atoms with Gasteiger partial charge in [0.1, 0.15) is 5.76 Å². The van der Waals surface area contributed by atoms with Gasteiger partial charge in [0.15, 0.2) is 5.96 Å². The molecule has 0 fully saturated rings. The molecule has 2 aromatic rings. The predicted molar refractivity (Wildman–Crippen MR) is 95.1 cm³/mol. The summed E-state index contributed by atoms with van der Waals surface area (Å²) in [7, 11) is 5.24. The van der Waals surface area contributed by atoms with E-state index in [0.29, 0.717) is 18.1 Å². The van der Waals surface area contributed by atoms with Crippen LogP contribution < -0.4 is 10.6 Å². The van der Waals surface area contributed by atoms with Gasteiger partial charge < -0.3 is 20.0 Å². The molecule has 6 nitrogen and oxygen atoms in total. The highest BCUT2D eigenvalue weighted by Gasteiger charge is 2.08. The third-order valence-corrected chi connectivity index (χ3v) is 3.52. The lowest BCUT2D eigenvalue weighted by Gasteiger charge is -2.13. The quantitative estimate of drug-likeness (QED) is 0.627. The molecule has 1 aromatic heterocycles. The van der Waals surface area contributed by atoms with Crippen LogP contribution in [-0.2, 0) is 13.0 Å². The van der Waals surface area contributed by atoms with Gasteiger partial charge >= 0.3 is 0 Å². The normalized spacial score (nSPS) is 11.2. The zero-order valence-electron chi connectivity index (χ0n) is 14.4. The number of aliphatic imine (C=N–C) groups is 1. The van der Waals surface area contributed by atoms with Crippen molar-refractivity contribution in [3.05, 3.63) is 59.5 Å². The average molecular weight is 328 g/mol. The molecule has 0 atom stereocenters. The SMILES string of the molecule is CN=C(NCCc1cccc(C(=O)N(C)C)c1)NCc1ccco1. The predicted octanol–water partition coefficient (Wildman–Crippen LogP) is 1.89. The van der Waals surface area contributed by atoms with Crippen molar-refractivity contribution in [1.82, 2.24) is 15.5 Å². The Labute approximate surface area is 142 Å². The summed E-state index contributed by atoms with van der Waals surface area (Å²) < 4.78 is 5.28. The second-order valence-electron chi connectivity index (χ2n) is 5.58. The fourth-order valence-corrected chi connectivity index (χ4v) is 2.25. The number of furan rings is 1. The van der Waals surface area contributed by atoms with Gasteiger partial charge in [-0.15, -0.1) is 0 Å². The van der Waals surface area contributed by atoms with E-state index in [1.54, 1.807) is 32.3 Å². The van der Waals surface area contributed by atoms with Crippen LogP contribution in [0.5, 0.6) is 0 Å². The van der Waals surface area contributed by atoms with E-state index in [2.05, 4.69) is 15.6 Å². The fraction of sp³-hybridized carbons (Fsp3) is 0.333. The van der Waals surface area contributed by atoms with E-state index < -0.39 is 0 Å². The van der Waals surface area contributed by atoms with Gasteiger partial charge in [0.25, 0.3) is 5.91 Å². The summed E-state index contributed by atoms with van der Waals surface area (Å²) in [4.78, 5) is 17.8. The van der Waals surface area contributed by atoms with Crippen LogP contribution in [0.4, 0.5) is 0 Å². The van der Waals surface area contributed by atoms with Crippen LogP contribution in [0.15, 0.2) is 52.1 Å². The van der Waals surface area contributed by atoms with Crippen molar-refractivity contribution in [2.75, 3.05) is 27.7 Å². The Bertz CT molecular complexity index is 678. The van der Waals surface area contributed by atoms with E-state index in [4.69, 9.17) is 4.42 Å². The van der Waals surface area contributed by atoms with Crippen molar-refractivity contribution in [3.63, 3.8) is 0 Å². The summed E-state index contributed by atoms with van der Waals surface area (Å²) in [5.41, 5.74) is 1.81. The van der Waals surface area contributed by atoms with Crippen LogP contribution in [-0.4, -0.2) is 44.5 Å². The van der Waals surface area contributed by atoms with E-state index in [1.807, 2.05) is 36.4 Å². The summed E-state index contributed by atoms with van der Waals surface area (Å²) in [6.07, 6.45) is 2.45. The molecule has 0 bridgehead atoms. The number of carbonyl (C=O) groups excluding carboxylic acids is 1. The molecule has 1 aromatic carbocycles. The number of hydrogen-bond acceptors (Lipinski definition) is 3. The molecule has 0 spiro atoms. The molecule has 1 amide bonds. The molecule has 0 saturated carbocycles. The molecule has 6 heteroatoms. The number of carbonyl (C=O) groups is 1. The Morgan fingerprint density at radius 2 is 2.04 bits per heavy atom. The summed E-state index contributed by atoms with van der Waals surface area (Å²) >= 11 is 0. The highest BCUT2D eigenvalue weighted by molar-refractivity contribution is 5.94. The molecular formula is C18H24N4O2. The molecule has 128 valence electrons. The van der Waals surface area contributed by atoms with Crippen LogP contribution in [0.25, 0.3) is 0 Å². The monoisotopic (exact) mass is 328 g/mol. The van der Waals surface area contributed by atoms with Crippen molar-refractivity contribution in [1.29, 1.82) is 0 Å². The third kappa shape index (κ3) is 5.15. The molecule has 1 heterocycles. The maximum Gasteiger partial charge on any atom is 0.253 e. The van der Waals surface area contributed by atoms with Gasteiger partial charge in [-0.25, -0.2) is 0 Å². The minimum Gasteiger partial charge on any atom is -0.467 e. The van der Waals surface area contributed by atoms with Gasteiger partial charge in [0.2, 0.25) is 0 Å². The first-order valence-electron chi connectivity index (χ1n) is 7.87. The van der Waals surface area contributed by atoms with Crippen LogP contribution in [0.1, 0.15) is 21.7 Å². The van der Waals surface area contributed by atoms with E-state index in [0.717, 1.165) is 24.3 Å². The van der Waals surface area contributed by atoms with E-state index >= 15 is 0 Å². The standard InChI is InChI=1S/C18H24N4O2/c1-19-18(21-13-16-8-5-11-24-16)20-10-9-14-6-4-7-15(12-14)17(23)22(2)3/h4-8,11-12H,9-10,13H2,1-3H3,(H2,19,20,21). The van der Waals surface area contributed by atoms with Crippen molar-refractivity contribution < 1.29 is 9.21 Å². The van der Waals surface area contributed by atoms with Gasteiger partial charge in [-0.2, -0.15) is 0 Å². The zero-order valence-corrected chi connectivity index (χ0v) is 14.4. The number of amides is 1. The number of nitrogens with one attached hydrogen (secondary N) is 2.